The van der Waals surface area contributed by atoms with Crippen LogP contribution in [-0.2, 0) is 14.3 Å². The second kappa shape index (κ2) is 10.8. The number of amides is 2. The standard InChI is InChI=1S/C22H26N2O5/c1-16(2)14-28-19-10-6-7-17(13-19)22(27)29-15-21(26)24(12-11-20(23)25)18-8-4-3-5-9-18/h3-10,13,16H,11-12,14-15H2,1-2H3,(H2,23,25). The van der Waals surface area contributed by atoms with E-state index < -0.39 is 24.4 Å². The highest BCUT2D eigenvalue weighted by molar-refractivity contribution is 5.97. The third-order valence-electron chi connectivity index (χ3n) is 3.93. The number of ether oxygens (including phenoxy) is 2. The van der Waals surface area contributed by atoms with Gasteiger partial charge >= 0.3 is 5.97 Å². The first-order chi connectivity index (χ1) is 13.9. The van der Waals surface area contributed by atoms with Gasteiger partial charge in [0.2, 0.25) is 5.91 Å². The van der Waals surface area contributed by atoms with Gasteiger partial charge in [-0.2, -0.15) is 0 Å². The number of carbonyl (C=O) groups is 3. The summed E-state index contributed by atoms with van der Waals surface area (Å²) < 4.78 is 10.8. The summed E-state index contributed by atoms with van der Waals surface area (Å²) in [4.78, 5) is 37.4. The van der Waals surface area contributed by atoms with E-state index in [9.17, 15) is 14.4 Å². The fourth-order valence-corrected chi connectivity index (χ4v) is 2.49. The number of nitrogens with zero attached hydrogens (tertiary/aromatic N) is 1. The zero-order chi connectivity index (χ0) is 21.2. The molecule has 0 fully saturated rings. The second-order valence-corrected chi connectivity index (χ2v) is 6.91. The molecule has 2 N–H and O–H groups in total. The lowest BCUT2D eigenvalue weighted by molar-refractivity contribution is -0.121. The van der Waals surface area contributed by atoms with Crippen LogP contribution in [0.2, 0.25) is 0 Å². The third kappa shape index (κ3) is 7.29. The van der Waals surface area contributed by atoms with Crippen LogP contribution in [0.1, 0.15) is 30.6 Å². The van der Waals surface area contributed by atoms with Crippen molar-refractivity contribution < 1.29 is 23.9 Å². The minimum atomic E-state index is -0.628. The Hall–Kier alpha value is -3.35. The van der Waals surface area contributed by atoms with E-state index in [1.54, 1.807) is 48.5 Å². The van der Waals surface area contributed by atoms with Gasteiger partial charge in [-0.1, -0.05) is 38.1 Å². The van der Waals surface area contributed by atoms with Crippen molar-refractivity contribution in [1.82, 2.24) is 0 Å². The zero-order valence-electron chi connectivity index (χ0n) is 16.7. The molecule has 0 radical (unpaired) electrons. The highest BCUT2D eigenvalue weighted by atomic mass is 16.5. The van der Waals surface area contributed by atoms with Crippen LogP contribution in [0.25, 0.3) is 0 Å². The van der Waals surface area contributed by atoms with E-state index in [1.165, 1.54) is 4.90 Å². The summed E-state index contributed by atoms with van der Waals surface area (Å²) >= 11 is 0. The van der Waals surface area contributed by atoms with E-state index in [1.807, 2.05) is 19.9 Å². The monoisotopic (exact) mass is 398 g/mol. The SMILES string of the molecule is CC(C)COc1cccc(C(=O)OCC(=O)N(CCC(N)=O)c2ccccc2)c1. The predicted octanol–water partition coefficient (Wildman–Crippen LogP) is 2.79. The molecule has 0 atom stereocenters. The maximum Gasteiger partial charge on any atom is 0.338 e. The molecule has 0 heterocycles. The topological polar surface area (TPSA) is 98.9 Å². The molecule has 0 aliphatic heterocycles. The molecule has 154 valence electrons. The Labute approximate surface area is 170 Å². The van der Waals surface area contributed by atoms with Gasteiger partial charge in [-0.05, 0) is 36.2 Å². The Morgan fingerprint density at radius 2 is 1.76 bits per heavy atom. The lowest BCUT2D eigenvalue weighted by Crippen LogP contribution is -2.37. The number of benzene rings is 2. The summed E-state index contributed by atoms with van der Waals surface area (Å²) in [7, 11) is 0. The first-order valence-corrected chi connectivity index (χ1v) is 9.40. The van der Waals surface area contributed by atoms with Gasteiger partial charge < -0.3 is 20.1 Å². The van der Waals surface area contributed by atoms with Crippen molar-refractivity contribution in [1.29, 1.82) is 0 Å². The van der Waals surface area contributed by atoms with Crippen molar-refractivity contribution in [3.63, 3.8) is 0 Å². The average molecular weight is 398 g/mol. The molecule has 2 amide bonds. The molecule has 0 saturated carbocycles. The van der Waals surface area contributed by atoms with E-state index in [4.69, 9.17) is 15.2 Å². The van der Waals surface area contributed by atoms with E-state index >= 15 is 0 Å². The Morgan fingerprint density at radius 1 is 1.03 bits per heavy atom. The van der Waals surface area contributed by atoms with Gasteiger partial charge in [-0.3, -0.25) is 9.59 Å². The first kappa shape index (κ1) is 21.9. The van der Waals surface area contributed by atoms with Crippen LogP contribution in [0.5, 0.6) is 5.75 Å². The molecule has 0 spiro atoms. The molecule has 7 nitrogen and oxygen atoms in total. The van der Waals surface area contributed by atoms with Crippen LogP contribution in [0.15, 0.2) is 54.6 Å². The number of carbonyl (C=O) groups excluding carboxylic acids is 3. The van der Waals surface area contributed by atoms with Gasteiger partial charge in [-0.25, -0.2) is 4.79 Å². The van der Waals surface area contributed by atoms with Crippen LogP contribution >= 0.6 is 0 Å². The van der Waals surface area contributed by atoms with Gasteiger partial charge in [0.1, 0.15) is 5.75 Å². The number of anilines is 1. The number of rotatable bonds is 10. The summed E-state index contributed by atoms with van der Waals surface area (Å²) in [6.07, 6.45) is 0.00379. The molecular weight excluding hydrogens is 372 g/mol. The summed E-state index contributed by atoms with van der Waals surface area (Å²) in [5, 5.41) is 0. The van der Waals surface area contributed by atoms with Gasteiger partial charge in [0.15, 0.2) is 6.61 Å². The van der Waals surface area contributed by atoms with Crippen molar-refractivity contribution in [2.45, 2.75) is 20.3 Å². The number of nitrogens with two attached hydrogens (primary N) is 1. The quantitative estimate of drug-likeness (QED) is 0.621. The van der Waals surface area contributed by atoms with Gasteiger partial charge in [0.25, 0.3) is 5.91 Å². The Balaban J connectivity index is 2.00. The third-order valence-corrected chi connectivity index (χ3v) is 3.93. The maximum absolute atomic E-state index is 12.6. The second-order valence-electron chi connectivity index (χ2n) is 6.91. The van der Waals surface area contributed by atoms with Crippen LogP contribution in [0.4, 0.5) is 5.69 Å². The van der Waals surface area contributed by atoms with E-state index in [-0.39, 0.29) is 13.0 Å². The molecule has 2 rings (SSSR count). The summed E-state index contributed by atoms with van der Waals surface area (Å²) in [5.41, 5.74) is 6.09. The maximum atomic E-state index is 12.6. The molecule has 2 aromatic carbocycles. The number of primary amides is 1. The molecule has 0 aliphatic rings. The minimum Gasteiger partial charge on any atom is -0.493 e. The number of para-hydroxylation sites is 1. The molecule has 2 aromatic rings. The highest BCUT2D eigenvalue weighted by Gasteiger charge is 2.19. The van der Waals surface area contributed by atoms with Crippen LogP contribution in [0, 0.1) is 5.92 Å². The number of hydrogen-bond donors (Lipinski definition) is 1. The van der Waals surface area contributed by atoms with Gasteiger partial charge in [0.05, 0.1) is 12.2 Å². The van der Waals surface area contributed by atoms with Crippen molar-refractivity contribution >= 4 is 23.5 Å². The van der Waals surface area contributed by atoms with Crippen molar-refractivity contribution in [3.8, 4) is 5.75 Å². The molecule has 7 heteroatoms. The Morgan fingerprint density at radius 3 is 2.41 bits per heavy atom. The van der Waals surface area contributed by atoms with E-state index in [2.05, 4.69) is 0 Å². The average Bonchev–Trinajstić information content (AvgIpc) is 2.71. The Bertz CT molecular complexity index is 836. The fraction of sp³-hybridized carbons (Fsp3) is 0.318. The lowest BCUT2D eigenvalue weighted by atomic mass is 10.2. The molecule has 0 aromatic heterocycles. The Kier molecular flexibility index (Phi) is 8.21. The lowest BCUT2D eigenvalue weighted by Gasteiger charge is -2.22. The minimum absolute atomic E-state index is 0.00379. The molecule has 0 aliphatic carbocycles. The number of hydrogen-bond acceptors (Lipinski definition) is 5. The molecule has 0 unspecified atom stereocenters. The highest BCUT2D eigenvalue weighted by Crippen LogP contribution is 2.17. The van der Waals surface area contributed by atoms with Crippen LogP contribution < -0.4 is 15.4 Å². The van der Waals surface area contributed by atoms with E-state index in [0.29, 0.717) is 29.5 Å². The van der Waals surface area contributed by atoms with Crippen LogP contribution in [-0.4, -0.2) is 37.5 Å². The largest absolute Gasteiger partial charge is 0.493 e. The van der Waals surface area contributed by atoms with Gasteiger partial charge in [0, 0.05) is 18.7 Å². The van der Waals surface area contributed by atoms with Crippen molar-refractivity contribution in [2.75, 3.05) is 24.7 Å². The molecule has 0 saturated heterocycles. The normalized spacial score (nSPS) is 10.4. The molecule has 0 bridgehead atoms. The molecular formula is C22H26N2O5. The first-order valence-electron chi connectivity index (χ1n) is 9.40. The molecule has 29 heavy (non-hydrogen) atoms. The fourth-order valence-electron chi connectivity index (χ4n) is 2.49. The zero-order valence-corrected chi connectivity index (χ0v) is 16.7. The van der Waals surface area contributed by atoms with E-state index in [0.717, 1.165) is 0 Å². The predicted molar refractivity (Wildman–Crippen MR) is 110 cm³/mol. The number of esters is 1. The summed E-state index contributed by atoms with van der Waals surface area (Å²) in [5.74, 6) is -0.678. The van der Waals surface area contributed by atoms with Crippen molar-refractivity contribution in [2.24, 2.45) is 11.7 Å². The smallest absolute Gasteiger partial charge is 0.338 e. The summed E-state index contributed by atoms with van der Waals surface area (Å²) in [6.45, 7) is 4.24. The van der Waals surface area contributed by atoms with Crippen molar-refractivity contribution in [3.05, 3.63) is 60.2 Å². The van der Waals surface area contributed by atoms with Gasteiger partial charge in [-0.15, -0.1) is 0 Å². The van der Waals surface area contributed by atoms with Crippen LogP contribution in [0.3, 0.4) is 0 Å². The summed E-state index contributed by atoms with van der Waals surface area (Å²) in [6, 6.07) is 15.4.